The van der Waals surface area contributed by atoms with Gasteiger partial charge in [0.05, 0.1) is 0 Å². The Kier molecular flexibility index (Phi) is 3.46. The zero-order valence-electron chi connectivity index (χ0n) is 8.90. The van der Waals surface area contributed by atoms with E-state index >= 15 is 0 Å². The van der Waals surface area contributed by atoms with E-state index in [9.17, 15) is 4.79 Å². The zero-order valence-corrected chi connectivity index (χ0v) is 9.65. The van der Waals surface area contributed by atoms with Crippen molar-refractivity contribution in [2.45, 2.75) is 6.42 Å². The minimum atomic E-state index is 0.202. The SMILES string of the molecule is O=Cc1ccc(Cl)cc1N1CCC(CO)C1. The van der Waals surface area contributed by atoms with Gasteiger partial charge in [0.2, 0.25) is 0 Å². The Morgan fingerprint density at radius 3 is 3.00 bits per heavy atom. The molecule has 0 aliphatic carbocycles. The minimum absolute atomic E-state index is 0.202. The number of aliphatic hydroxyl groups is 1. The maximum absolute atomic E-state index is 10.9. The highest BCUT2D eigenvalue weighted by molar-refractivity contribution is 6.31. The quantitative estimate of drug-likeness (QED) is 0.820. The summed E-state index contributed by atoms with van der Waals surface area (Å²) < 4.78 is 0. The molecule has 1 aromatic carbocycles. The summed E-state index contributed by atoms with van der Waals surface area (Å²) in [7, 11) is 0. The smallest absolute Gasteiger partial charge is 0.152 e. The second-order valence-electron chi connectivity index (χ2n) is 4.10. The van der Waals surface area contributed by atoms with E-state index in [-0.39, 0.29) is 6.61 Å². The molecule has 1 aliphatic heterocycles. The Morgan fingerprint density at radius 2 is 2.38 bits per heavy atom. The van der Waals surface area contributed by atoms with Crippen LogP contribution in [0.1, 0.15) is 16.8 Å². The molecule has 4 heteroatoms. The summed E-state index contributed by atoms with van der Waals surface area (Å²) in [5, 5.41) is 9.72. The Morgan fingerprint density at radius 1 is 1.56 bits per heavy atom. The Bertz CT molecular complexity index is 395. The van der Waals surface area contributed by atoms with Gasteiger partial charge in [0.1, 0.15) is 0 Å². The molecule has 1 heterocycles. The average molecular weight is 240 g/mol. The maximum atomic E-state index is 10.9. The summed E-state index contributed by atoms with van der Waals surface area (Å²) in [6.45, 7) is 1.86. The molecule has 2 rings (SSSR count). The molecule has 16 heavy (non-hydrogen) atoms. The summed E-state index contributed by atoms with van der Waals surface area (Å²) in [4.78, 5) is 13.0. The van der Waals surface area contributed by atoms with Gasteiger partial charge in [-0.25, -0.2) is 0 Å². The largest absolute Gasteiger partial charge is 0.396 e. The van der Waals surface area contributed by atoms with Crippen LogP contribution in [0.3, 0.4) is 0 Å². The van der Waals surface area contributed by atoms with Gasteiger partial charge in [-0.15, -0.1) is 0 Å². The highest BCUT2D eigenvalue weighted by Gasteiger charge is 2.23. The lowest BCUT2D eigenvalue weighted by Crippen LogP contribution is -2.21. The molecule has 0 bridgehead atoms. The molecule has 0 aromatic heterocycles. The minimum Gasteiger partial charge on any atom is -0.396 e. The average Bonchev–Trinajstić information content (AvgIpc) is 2.77. The van der Waals surface area contributed by atoms with Gasteiger partial charge in [-0.1, -0.05) is 11.6 Å². The molecule has 0 spiro atoms. The van der Waals surface area contributed by atoms with Crippen LogP contribution in [0.5, 0.6) is 0 Å². The Labute approximate surface area is 99.6 Å². The standard InChI is InChI=1S/C12H14ClNO2/c13-11-2-1-10(8-16)12(5-11)14-4-3-9(6-14)7-15/h1-2,5,8-9,15H,3-4,6-7H2. The Hall–Kier alpha value is -1.06. The zero-order chi connectivity index (χ0) is 11.5. The molecule has 0 radical (unpaired) electrons. The van der Waals surface area contributed by atoms with Crippen molar-refractivity contribution in [2.24, 2.45) is 5.92 Å². The fourth-order valence-electron chi connectivity index (χ4n) is 2.09. The number of benzene rings is 1. The van der Waals surface area contributed by atoms with Crippen LogP contribution in [0, 0.1) is 5.92 Å². The van der Waals surface area contributed by atoms with Crippen molar-refractivity contribution in [2.75, 3.05) is 24.6 Å². The molecule has 1 saturated heterocycles. The molecule has 1 aromatic rings. The molecular weight excluding hydrogens is 226 g/mol. The van der Waals surface area contributed by atoms with Gasteiger partial charge in [-0.3, -0.25) is 4.79 Å². The third-order valence-electron chi connectivity index (χ3n) is 3.00. The number of carbonyl (C=O) groups is 1. The van der Waals surface area contributed by atoms with Crippen LogP contribution in [0.25, 0.3) is 0 Å². The van der Waals surface area contributed by atoms with Crippen molar-refractivity contribution < 1.29 is 9.90 Å². The summed E-state index contributed by atoms with van der Waals surface area (Å²) in [5.41, 5.74) is 1.53. The second kappa shape index (κ2) is 4.85. The predicted octanol–water partition coefficient (Wildman–Crippen LogP) is 1.97. The number of hydrogen-bond acceptors (Lipinski definition) is 3. The van der Waals surface area contributed by atoms with Crippen LogP contribution < -0.4 is 4.90 Å². The summed E-state index contributed by atoms with van der Waals surface area (Å²) in [6, 6.07) is 5.26. The number of rotatable bonds is 3. The number of aldehydes is 1. The van der Waals surface area contributed by atoms with E-state index in [1.54, 1.807) is 12.1 Å². The summed E-state index contributed by atoms with van der Waals surface area (Å²) in [6.07, 6.45) is 1.80. The molecule has 1 atom stereocenters. The highest BCUT2D eigenvalue weighted by Crippen LogP contribution is 2.28. The van der Waals surface area contributed by atoms with E-state index in [2.05, 4.69) is 4.90 Å². The van der Waals surface area contributed by atoms with E-state index in [0.717, 1.165) is 31.5 Å². The first-order chi connectivity index (χ1) is 7.74. The molecule has 1 aliphatic rings. The second-order valence-corrected chi connectivity index (χ2v) is 4.54. The molecule has 1 N–H and O–H groups in total. The van der Waals surface area contributed by atoms with E-state index in [1.165, 1.54) is 0 Å². The van der Waals surface area contributed by atoms with Crippen LogP contribution in [0.2, 0.25) is 5.02 Å². The maximum Gasteiger partial charge on any atom is 0.152 e. The van der Waals surface area contributed by atoms with Crippen LogP contribution >= 0.6 is 11.6 Å². The lowest BCUT2D eigenvalue weighted by molar-refractivity contribution is 0.112. The lowest BCUT2D eigenvalue weighted by atomic mass is 10.1. The fraction of sp³-hybridized carbons (Fsp3) is 0.417. The van der Waals surface area contributed by atoms with E-state index < -0.39 is 0 Å². The number of aliphatic hydroxyl groups excluding tert-OH is 1. The van der Waals surface area contributed by atoms with E-state index in [0.29, 0.717) is 16.5 Å². The van der Waals surface area contributed by atoms with Gasteiger partial charge >= 0.3 is 0 Å². The predicted molar refractivity (Wildman–Crippen MR) is 64.2 cm³/mol. The van der Waals surface area contributed by atoms with Crippen molar-refractivity contribution in [3.63, 3.8) is 0 Å². The summed E-state index contributed by atoms with van der Waals surface area (Å²) >= 11 is 5.93. The van der Waals surface area contributed by atoms with Crippen molar-refractivity contribution in [3.05, 3.63) is 28.8 Å². The lowest BCUT2D eigenvalue weighted by Gasteiger charge is -2.20. The van der Waals surface area contributed by atoms with Gasteiger partial charge in [-0.2, -0.15) is 0 Å². The van der Waals surface area contributed by atoms with Gasteiger partial charge in [-0.05, 0) is 24.6 Å². The van der Waals surface area contributed by atoms with Crippen molar-refractivity contribution >= 4 is 23.6 Å². The van der Waals surface area contributed by atoms with Crippen LogP contribution in [0.4, 0.5) is 5.69 Å². The van der Waals surface area contributed by atoms with Gasteiger partial charge in [0.25, 0.3) is 0 Å². The third-order valence-corrected chi connectivity index (χ3v) is 3.24. The van der Waals surface area contributed by atoms with E-state index in [1.807, 2.05) is 6.07 Å². The molecule has 1 unspecified atom stereocenters. The number of hydrogen-bond donors (Lipinski definition) is 1. The first-order valence-corrected chi connectivity index (χ1v) is 5.73. The van der Waals surface area contributed by atoms with Crippen molar-refractivity contribution in [1.82, 2.24) is 0 Å². The third kappa shape index (κ3) is 2.20. The topological polar surface area (TPSA) is 40.5 Å². The molecule has 0 amide bonds. The number of anilines is 1. The van der Waals surface area contributed by atoms with E-state index in [4.69, 9.17) is 16.7 Å². The molecule has 0 saturated carbocycles. The first-order valence-electron chi connectivity index (χ1n) is 5.35. The van der Waals surface area contributed by atoms with Crippen molar-refractivity contribution in [3.8, 4) is 0 Å². The molecule has 86 valence electrons. The number of halogens is 1. The van der Waals surface area contributed by atoms with Gasteiger partial charge < -0.3 is 10.0 Å². The fourth-order valence-corrected chi connectivity index (χ4v) is 2.26. The first kappa shape index (κ1) is 11.4. The summed E-state index contributed by atoms with van der Waals surface area (Å²) in [5.74, 6) is 0.304. The Balaban J connectivity index is 2.26. The number of nitrogens with zero attached hydrogens (tertiary/aromatic N) is 1. The van der Waals surface area contributed by atoms with Gasteiger partial charge in [0.15, 0.2) is 6.29 Å². The van der Waals surface area contributed by atoms with Crippen LogP contribution in [0.15, 0.2) is 18.2 Å². The number of carbonyl (C=O) groups excluding carboxylic acids is 1. The molecule has 1 fully saturated rings. The highest BCUT2D eigenvalue weighted by atomic mass is 35.5. The van der Waals surface area contributed by atoms with Crippen LogP contribution in [-0.2, 0) is 0 Å². The normalized spacial score (nSPS) is 20.1. The van der Waals surface area contributed by atoms with Gasteiger partial charge in [0, 0.05) is 41.9 Å². The molecule has 3 nitrogen and oxygen atoms in total. The van der Waals surface area contributed by atoms with Crippen LogP contribution in [-0.4, -0.2) is 31.1 Å². The van der Waals surface area contributed by atoms with Crippen molar-refractivity contribution in [1.29, 1.82) is 0 Å². The monoisotopic (exact) mass is 239 g/mol. The molecular formula is C12H14ClNO2.